The predicted molar refractivity (Wildman–Crippen MR) is 65.3 cm³/mol. The monoisotopic (exact) mass is 229 g/mol. The van der Waals surface area contributed by atoms with E-state index in [4.69, 9.17) is 5.26 Å². The first-order valence-corrected chi connectivity index (χ1v) is 5.80. The summed E-state index contributed by atoms with van der Waals surface area (Å²) in [6, 6.07) is 7.88. The van der Waals surface area contributed by atoms with Crippen LogP contribution in [0.4, 0.5) is 5.69 Å². The Hall–Kier alpha value is -1.86. The molecule has 0 saturated carbocycles. The van der Waals surface area contributed by atoms with Crippen molar-refractivity contribution in [3.8, 4) is 6.07 Å². The van der Waals surface area contributed by atoms with Crippen molar-refractivity contribution in [2.24, 2.45) is 0 Å². The lowest BCUT2D eigenvalue weighted by Crippen LogP contribution is -1.99. The molecule has 0 amide bonds. The maximum absolute atomic E-state index is 8.81. The number of nitriles is 1. The molecule has 0 radical (unpaired) electrons. The number of aromatic nitrogens is 1. The van der Waals surface area contributed by atoms with Crippen LogP contribution in [0.5, 0.6) is 0 Å². The normalized spacial score (nSPS) is 9.75. The van der Waals surface area contributed by atoms with Gasteiger partial charge in [0.05, 0.1) is 18.2 Å². The molecule has 16 heavy (non-hydrogen) atoms. The Morgan fingerprint density at radius 2 is 2.38 bits per heavy atom. The number of hydrogen-bond donors (Lipinski definition) is 1. The Kier molecular flexibility index (Phi) is 3.18. The van der Waals surface area contributed by atoms with Crippen LogP contribution in [-0.4, -0.2) is 4.98 Å². The van der Waals surface area contributed by atoms with Gasteiger partial charge in [-0.2, -0.15) is 5.26 Å². The second-order valence-electron chi connectivity index (χ2n) is 3.42. The summed E-state index contributed by atoms with van der Waals surface area (Å²) in [5.74, 6) is 0. The Labute approximate surface area is 98.4 Å². The lowest BCUT2D eigenvalue weighted by atomic mass is 10.1. The van der Waals surface area contributed by atoms with Crippen molar-refractivity contribution in [2.45, 2.75) is 13.5 Å². The van der Waals surface area contributed by atoms with Crippen LogP contribution in [0, 0.1) is 18.3 Å². The molecule has 0 aliphatic heterocycles. The molecular formula is C12H11N3S. The molecule has 2 rings (SSSR count). The molecule has 4 heteroatoms. The first-order valence-electron chi connectivity index (χ1n) is 4.92. The molecule has 0 aliphatic rings. The van der Waals surface area contributed by atoms with E-state index in [1.807, 2.05) is 30.5 Å². The lowest BCUT2D eigenvalue weighted by molar-refractivity contribution is 1.10. The molecule has 0 atom stereocenters. The summed E-state index contributed by atoms with van der Waals surface area (Å²) in [5, 5.41) is 15.1. The molecule has 0 bridgehead atoms. The zero-order chi connectivity index (χ0) is 11.4. The van der Waals surface area contributed by atoms with Gasteiger partial charge in [0.15, 0.2) is 0 Å². The molecule has 0 aliphatic carbocycles. The highest BCUT2D eigenvalue weighted by molar-refractivity contribution is 7.09. The van der Waals surface area contributed by atoms with Crippen LogP contribution in [0.2, 0.25) is 0 Å². The quantitative estimate of drug-likeness (QED) is 0.880. The van der Waals surface area contributed by atoms with E-state index in [0.717, 1.165) is 28.4 Å². The molecule has 3 nitrogen and oxygen atoms in total. The van der Waals surface area contributed by atoms with Crippen LogP contribution in [0.15, 0.2) is 29.8 Å². The zero-order valence-corrected chi connectivity index (χ0v) is 9.71. The van der Waals surface area contributed by atoms with Crippen molar-refractivity contribution in [3.05, 3.63) is 45.9 Å². The van der Waals surface area contributed by atoms with E-state index in [-0.39, 0.29) is 0 Å². The van der Waals surface area contributed by atoms with E-state index >= 15 is 0 Å². The molecule has 0 spiro atoms. The van der Waals surface area contributed by atoms with E-state index in [1.54, 1.807) is 17.5 Å². The van der Waals surface area contributed by atoms with Gasteiger partial charge in [-0.05, 0) is 30.7 Å². The largest absolute Gasteiger partial charge is 0.379 e. The third-order valence-corrected chi connectivity index (χ3v) is 3.05. The van der Waals surface area contributed by atoms with E-state index in [0.29, 0.717) is 0 Å². The topological polar surface area (TPSA) is 48.7 Å². The van der Waals surface area contributed by atoms with Crippen LogP contribution in [0.1, 0.15) is 16.1 Å². The third kappa shape index (κ3) is 2.38. The Balaban J connectivity index is 2.06. The fourth-order valence-electron chi connectivity index (χ4n) is 1.42. The second kappa shape index (κ2) is 4.77. The number of aryl methyl sites for hydroxylation is 1. The minimum atomic E-state index is 0.722. The van der Waals surface area contributed by atoms with Crippen molar-refractivity contribution in [1.29, 1.82) is 5.26 Å². The number of thiazole rings is 1. The van der Waals surface area contributed by atoms with Gasteiger partial charge < -0.3 is 5.32 Å². The van der Waals surface area contributed by atoms with E-state index in [2.05, 4.69) is 16.4 Å². The molecule has 0 saturated heterocycles. The van der Waals surface area contributed by atoms with Crippen molar-refractivity contribution in [3.63, 3.8) is 0 Å². The van der Waals surface area contributed by atoms with Crippen molar-refractivity contribution < 1.29 is 0 Å². The van der Waals surface area contributed by atoms with Crippen LogP contribution in [0.25, 0.3) is 0 Å². The summed E-state index contributed by atoms with van der Waals surface area (Å²) >= 11 is 1.63. The molecule has 1 aromatic heterocycles. The van der Waals surface area contributed by atoms with Crippen LogP contribution in [-0.2, 0) is 6.54 Å². The number of benzene rings is 1. The molecular weight excluding hydrogens is 218 g/mol. The van der Waals surface area contributed by atoms with Gasteiger partial charge in [0.1, 0.15) is 5.01 Å². The minimum Gasteiger partial charge on any atom is -0.379 e. The summed E-state index contributed by atoms with van der Waals surface area (Å²) < 4.78 is 0. The summed E-state index contributed by atoms with van der Waals surface area (Å²) in [5.41, 5.74) is 2.73. The molecule has 80 valence electrons. The van der Waals surface area contributed by atoms with Crippen molar-refractivity contribution >= 4 is 17.0 Å². The summed E-state index contributed by atoms with van der Waals surface area (Å²) in [6.07, 6.45) is 1.80. The van der Waals surface area contributed by atoms with E-state index in [1.165, 1.54) is 0 Å². The Morgan fingerprint density at radius 1 is 1.50 bits per heavy atom. The van der Waals surface area contributed by atoms with Crippen LogP contribution >= 0.6 is 11.3 Å². The summed E-state index contributed by atoms with van der Waals surface area (Å²) in [6.45, 7) is 2.66. The molecule has 1 heterocycles. The highest BCUT2D eigenvalue weighted by atomic mass is 32.1. The number of rotatable bonds is 3. The van der Waals surface area contributed by atoms with Crippen molar-refractivity contribution in [1.82, 2.24) is 4.98 Å². The van der Waals surface area contributed by atoms with Gasteiger partial charge in [0.25, 0.3) is 0 Å². The number of hydrogen-bond acceptors (Lipinski definition) is 4. The van der Waals surface area contributed by atoms with E-state index in [9.17, 15) is 0 Å². The summed E-state index contributed by atoms with van der Waals surface area (Å²) in [7, 11) is 0. The highest BCUT2D eigenvalue weighted by Gasteiger charge is 1.99. The Bertz CT molecular complexity index is 512. The molecule has 0 unspecified atom stereocenters. The molecule has 1 N–H and O–H groups in total. The molecule has 0 fully saturated rings. The minimum absolute atomic E-state index is 0.722. The number of nitrogens with one attached hydrogen (secondary N) is 1. The first kappa shape index (κ1) is 10.7. The maximum atomic E-state index is 8.81. The molecule has 2 aromatic rings. The standard InChI is InChI=1S/C12H11N3S/c1-9-6-11(3-2-10(9)7-13)15-8-12-14-4-5-16-12/h2-6,15H,8H2,1H3. The fourth-order valence-corrected chi connectivity index (χ4v) is 1.97. The fraction of sp³-hybridized carbons (Fsp3) is 0.167. The average molecular weight is 229 g/mol. The SMILES string of the molecule is Cc1cc(NCc2nccs2)ccc1C#N. The summed E-state index contributed by atoms with van der Waals surface area (Å²) in [4.78, 5) is 4.19. The van der Waals surface area contributed by atoms with Gasteiger partial charge in [-0.1, -0.05) is 0 Å². The first-order chi connectivity index (χ1) is 7.79. The second-order valence-corrected chi connectivity index (χ2v) is 4.40. The van der Waals surface area contributed by atoms with Gasteiger partial charge in [-0.15, -0.1) is 11.3 Å². The van der Waals surface area contributed by atoms with Gasteiger partial charge >= 0.3 is 0 Å². The smallest absolute Gasteiger partial charge is 0.112 e. The predicted octanol–water partition coefficient (Wildman–Crippen LogP) is 2.94. The van der Waals surface area contributed by atoms with Gasteiger partial charge in [0.2, 0.25) is 0 Å². The Morgan fingerprint density at radius 3 is 3.00 bits per heavy atom. The molecule has 1 aromatic carbocycles. The van der Waals surface area contributed by atoms with Crippen molar-refractivity contribution in [2.75, 3.05) is 5.32 Å². The lowest BCUT2D eigenvalue weighted by Gasteiger charge is -2.05. The highest BCUT2D eigenvalue weighted by Crippen LogP contribution is 2.15. The van der Waals surface area contributed by atoms with Crippen LogP contribution < -0.4 is 5.32 Å². The average Bonchev–Trinajstić information content (AvgIpc) is 2.79. The third-order valence-electron chi connectivity index (χ3n) is 2.27. The maximum Gasteiger partial charge on any atom is 0.112 e. The number of anilines is 1. The van der Waals surface area contributed by atoms with Gasteiger partial charge in [-0.3, -0.25) is 0 Å². The van der Waals surface area contributed by atoms with E-state index < -0.39 is 0 Å². The van der Waals surface area contributed by atoms with Crippen LogP contribution in [0.3, 0.4) is 0 Å². The van der Waals surface area contributed by atoms with Gasteiger partial charge in [-0.25, -0.2) is 4.98 Å². The number of nitrogens with zero attached hydrogens (tertiary/aromatic N) is 2. The van der Waals surface area contributed by atoms with Gasteiger partial charge in [0, 0.05) is 17.3 Å². The zero-order valence-electron chi connectivity index (χ0n) is 8.90.